The summed E-state index contributed by atoms with van der Waals surface area (Å²) in [5, 5.41) is 8.48. The quantitative estimate of drug-likeness (QED) is 0.815. The molecule has 1 N–H and O–H groups in total. The first-order valence-electron chi connectivity index (χ1n) is 8.68. The van der Waals surface area contributed by atoms with Gasteiger partial charge in [0.2, 0.25) is 5.91 Å². The van der Waals surface area contributed by atoms with E-state index in [1.165, 1.54) is 11.8 Å². The van der Waals surface area contributed by atoms with E-state index in [2.05, 4.69) is 0 Å². The number of hydrogen-bond acceptors (Lipinski definition) is 4. The summed E-state index contributed by atoms with van der Waals surface area (Å²) in [6.07, 6.45) is 0. The first-order valence-corrected chi connectivity index (χ1v) is 9.56. The van der Waals surface area contributed by atoms with Crippen LogP contribution in [0.15, 0.2) is 29.2 Å². The van der Waals surface area contributed by atoms with Crippen LogP contribution in [0.25, 0.3) is 0 Å². The normalized spacial score (nSPS) is 16.3. The van der Waals surface area contributed by atoms with E-state index in [1.54, 1.807) is 41.0 Å². The molecular weight excluding hydrogens is 352 g/mol. The fourth-order valence-corrected chi connectivity index (χ4v) is 3.67. The highest BCUT2D eigenvalue weighted by Crippen LogP contribution is 2.28. The summed E-state index contributed by atoms with van der Waals surface area (Å²) in [7, 11) is 0. The van der Waals surface area contributed by atoms with Crippen LogP contribution in [0.1, 0.15) is 38.1 Å². The molecule has 2 rings (SSSR count). The van der Waals surface area contributed by atoms with Crippen LogP contribution in [-0.4, -0.2) is 64.1 Å². The Hall–Kier alpha value is -2.02. The minimum Gasteiger partial charge on any atom is -0.480 e. The van der Waals surface area contributed by atoms with Crippen LogP contribution in [0.2, 0.25) is 0 Å². The Bertz CT molecular complexity index is 691. The van der Waals surface area contributed by atoms with Gasteiger partial charge in [-0.05, 0) is 19.1 Å². The zero-order valence-corrected chi connectivity index (χ0v) is 16.5. The van der Waals surface area contributed by atoms with Crippen LogP contribution < -0.4 is 0 Å². The summed E-state index contributed by atoms with van der Waals surface area (Å²) in [6.45, 7) is 9.27. The molecule has 1 aliphatic rings. The van der Waals surface area contributed by atoms with Crippen molar-refractivity contribution < 1.29 is 19.5 Å². The molecule has 0 saturated carbocycles. The van der Waals surface area contributed by atoms with Gasteiger partial charge < -0.3 is 14.9 Å². The van der Waals surface area contributed by atoms with E-state index in [1.807, 2.05) is 20.8 Å². The second kappa shape index (κ2) is 8.12. The zero-order valence-electron chi connectivity index (χ0n) is 15.7. The summed E-state index contributed by atoms with van der Waals surface area (Å²) in [5.74, 6) is -0.934. The van der Waals surface area contributed by atoms with E-state index >= 15 is 0 Å². The maximum absolute atomic E-state index is 12.9. The molecular formula is C19H26N2O4S. The molecule has 0 spiro atoms. The van der Waals surface area contributed by atoms with E-state index in [-0.39, 0.29) is 11.8 Å². The van der Waals surface area contributed by atoms with Crippen LogP contribution in [0.4, 0.5) is 0 Å². The smallest absolute Gasteiger partial charge is 0.316 e. The van der Waals surface area contributed by atoms with E-state index in [4.69, 9.17) is 5.11 Å². The summed E-state index contributed by atoms with van der Waals surface area (Å²) in [5.41, 5.74) is 0.0868. The molecule has 1 aliphatic heterocycles. The van der Waals surface area contributed by atoms with E-state index in [0.717, 1.165) is 0 Å². The number of carbonyl (C=O) groups excluding carboxylic acids is 2. The molecule has 7 heteroatoms. The van der Waals surface area contributed by atoms with Gasteiger partial charge in [-0.15, -0.1) is 11.8 Å². The van der Waals surface area contributed by atoms with Crippen LogP contribution in [-0.2, 0) is 9.59 Å². The topological polar surface area (TPSA) is 77.9 Å². The Morgan fingerprint density at radius 2 is 1.58 bits per heavy atom. The Morgan fingerprint density at radius 3 is 2.12 bits per heavy atom. The zero-order chi connectivity index (χ0) is 19.5. The number of benzene rings is 1. The summed E-state index contributed by atoms with van der Waals surface area (Å²) >= 11 is 1.17. The molecule has 0 radical (unpaired) electrons. The number of rotatable bonds is 4. The number of carbonyl (C=O) groups is 3. The third-order valence-corrected chi connectivity index (χ3v) is 5.43. The molecule has 1 atom stereocenters. The fourth-order valence-electron chi connectivity index (χ4n) is 2.74. The van der Waals surface area contributed by atoms with E-state index < -0.39 is 16.6 Å². The molecule has 0 bridgehead atoms. The van der Waals surface area contributed by atoms with Crippen molar-refractivity contribution >= 4 is 29.5 Å². The third-order valence-electron chi connectivity index (χ3n) is 4.26. The highest BCUT2D eigenvalue weighted by atomic mass is 32.2. The summed E-state index contributed by atoms with van der Waals surface area (Å²) in [6, 6.07) is 7.08. The number of amides is 2. The Balaban J connectivity index is 2.07. The maximum Gasteiger partial charge on any atom is 0.316 e. The average Bonchev–Trinajstić information content (AvgIpc) is 2.60. The lowest BCUT2D eigenvalue weighted by Gasteiger charge is -2.37. The molecule has 0 aromatic heterocycles. The molecule has 1 aromatic carbocycles. The monoisotopic (exact) mass is 378 g/mol. The van der Waals surface area contributed by atoms with E-state index in [9.17, 15) is 14.4 Å². The number of carboxylic acids is 1. The van der Waals surface area contributed by atoms with Crippen LogP contribution in [0.3, 0.4) is 0 Å². The minimum absolute atomic E-state index is 0.0934. The van der Waals surface area contributed by atoms with E-state index in [0.29, 0.717) is 36.6 Å². The number of aliphatic carboxylic acids is 1. The molecule has 0 aliphatic carbocycles. The van der Waals surface area contributed by atoms with Gasteiger partial charge in [-0.1, -0.05) is 32.9 Å². The molecule has 1 unspecified atom stereocenters. The molecule has 6 nitrogen and oxygen atoms in total. The first-order chi connectivity index (χ1) is 12.1. The first kappa shape index (κ1) is 20.3. The molecule has 1 saturated heterocycles. The van der Waals surface area contributed by atoms with Gasteiger partial charge in [0, 0.05) is 36.5 Å². The molecule has 2 amide bonds. The standard InChI is InChI=1S/C19H26N2O4S/c1-13(17(23)24)26-15-8-6-5-7-14(15)16(22)20-9-11-21(12-10-20)18(25)19(2,3)4/h5-8,13H,9-12H2,1-4H3,(H,23,24). The van der Waals surface area contributed by atoms with Crippen LogP contribution in [0.5, 0.6) is 0 Å². The SMILES string of the molecule is CC(Sc1ccccc1C(=O)N1CCN(C(=O)C(C)(C)C)CC1)C(=O)O. The highest BCUT2D eigenvalue weighted by molar-refractivity contribution is 8.00. The highest BCUT2D eigenvalue weighted by Gasteiger charge is 2.31. The van der Waals surface area contributed by atoms with Gasteiger partial charge in [0.25, 0.3) is 5.91 Å². The minimum atomic E-state index is -0.911. The van der Waals surface area contributed by atoms with Crippen molar-refractivity contribution in [2.75, 3.05) is 26.2 Å². The molecule has 1 fully saturated rings. The van der Waals surface area contributed by atoms with Crippen LogP contribution >= 0.6 is 11.8 Å². The second-order valence-electron chi connectivity index (χ2n) is 7.43. The van der Waals surface area contributed by atoms with Gasteiger partial charge >= 0.3 is 5.97 Å². The Labute approximate surface area is 158 Å². The van der Waals surface area contributed by atoms with Crippen molar-refractivity contribution in [3.8, 4) is 0 Å². The predicted octanol–water partition coefficient (Wildman–Crippen LogP) is 2.58. The van der Waals surface area contributed by atoms with Crippen molar-refractivity contribution in [1.29, 1.82) is 0 Å². The predicted molar refractivity (Wildman–Crippen MR) is 101 cm³/mol. The van der Waals surface area contributed by atoms with Crippen LogP contribution in [0, 0.1) is 5.41 Å². The second-order valence-corrected chi connectivity index (χ2v) is 8.81. The van der Waals surface area contributed by atoms with Crippen molar-refractivity contribution in [3.05, 3.63) is 29.8 Å². The average molecular weight is 378 g/mol. The van der Waals surface area contributed by atoms with Crippen molar-refractivity contribution in [2.45, 2.75) is 37.8 Å². The lowest BCUT2D eigenvalue weighted by molar-refractivity contribution is -0.141. The van der Waals surface area contributed by atoms with Gasteiger partial charge in [-0.3, -0.25) is 14.4 Å². The number of hydrogen-bond donors (Lipinski definition) is 1. The Kier molecular flexibility index (Phi) is 6.34. The van der Waals surface area contributed by atoms with Gasteiger partial charge in [-0.25, -0.2) is 0 Å². The number of thioether (sulfide) groups is 1. The maximum atomic E-state index is 12.9. The van der Waals surface area contributed by atoms with Gasteiger partial charge in [0.15, 0.2) is 0 Å². The van der Waals surface area contributed by atoms with Gasteiger partial charge in [-0.2, -0.15) is 0 Å². The molecule has 1 heterocycles. The van der Waals surface area contributed by atoms with Crippen molar-refractivity contribution in [3.63, 3.8) is 0 Å². The largest absolute Gasteiger partial charge is 0.480 e. The fraction of sp³-hybridized carbons (Fsp3) is 0.526. The van der Waals surface area contributed by atoms with Gasteiger partial charge in [0.1, 0.15) is 5.25 Å². The summed E-state index contributed by atoms with van der Waals surface area (Å²) < 4.78 is 0. The number of nitrogens with zero attached hydrogens (tertiary/aromatic N) is 2. The number of piperazine rings is 1. The van der Waals surface area contributed by atoms with Crippen molar-refractivity contribution in [2.24, 2.45) is 5.41 Å². The van der Waals surface area contributed by atoms with Crippen molar-refractivity contribution in [1.82, 2.24) is 9.80 Å². The lowest BCUT2D eigenvalue weighted by Crippen LogP contribution is -2.53. The molecule has 142 valence electrons. The molecule has 1 aromatic rings. The lowest BCUT2D eigenvalue weighted by atomic mass is 9.94. The van der Waals surface area contributed by atoms with Gasteiger partial charge in [0.05, 0.1) is 5.56 Å². The Morgan fingerprint density at radius 1 is 1.04 bits per heavy atom. The summed E-state index contributed by atoms with van der Waals surface area (Å²) in [4.78, 5) is 40.6. The third kappa shape index (κ3) is 4.78. The number of carboxylic acid groups (broad SMARTS) is 1. The molecule has 26 heavy (non-hydrogen) atoms.